The van der Waals surface area contributed by atoms with Crippen LogP contribution in [-0.2, 0) is 4.79 Å². The average molecular weight is 319 g/mol. The Hall–Kier alpha value is -2.14. The van der Waals surface area contributed by atoms with Crippen molar-refractivity contribution in [2.24, 2.45) is 0 Å². The molecule has 1 heterocycles. The molecule has 1 amide bonds. The molecule has 1 aromatic carbocycles. The number of aryl methyl sites for hydroxylation is 2. The van der Waals surface area contributed by atoms with Gasteiger partial charge in [-0.1, -0.05) is 23.7 Å². The first kappa shape index (κ1) is 16.2. The van der Waals surface area contributed by atoms with Crippen molar-refractivity contribution in [1.29, 1.82) is 0 Å². The number of amides is 1. The Bertz CT molecular complexity index is 640. The summed E-state index contributed by atoms with van der Waals surface area (Å²) < 4.78 is 0. The van der Waals surface area contributed by atoms with E-state index in [-0.39, 0.29) is 5.91 Å². The molecule has 0 bridgehead atoms. The van der Waals surface area contributed by atoms with Crippen LogP contribution in [0.15, 0.2) is 30.3 Å². The molecule has 2 rings (SSSR count). The van der Waals surface area contributed by atoms with Crippen molar-refractivity contribution in [2.45, 2.75) is 26.7 Å². The van der Waals surface area contributed by atoms with Crippen LogP contribution >= 0.6 is 11.6 Å². The molecule has 116 valence electrons. The van der Waals surface area contributed by atoms with E-state index >= 15 is 0 Å². The summed E-state index contributed by atoms with van der Waals surface area (Å²) >= 11 is 6.00. The number of para-hydroxylation sites is 1. The van der Waals surface area contributed by atoms with E-state index < -0.39 is 0 Å². The summed E-state index contributed by atoms with van der Waals surface area (Å²) in [6.45, 7) is 4.49. The zero-order valence-electron chi connectivity index (χ0n) is 12.7. The van der Waals surface area contributed by atoms with Gasteiger partial charge >= 0.3 is 0 Å². The number of nitrogens with zero attached hydrogens (tertiary/aromatic N) is 2. The first-order valence-corrected chi connectivity index (χ1v) is 7.53. The molecule has 22 heavy (non-hydrogen) atoms. The SMILES string of the molecule is Cc1cc(C)nc(NCCCC(=O)Nc2ccccc2Cl)n1. The van der Waals surface area contributed by atoms with Gasteiger partial charge in [0, 0.05) is 24.4 Å². The average Bonchev–Trinajstić information content (AvgIpc) is 2.45. The van der Waals surface area contributed by atoms with Gasteiger partial charge in [0.15, 0.2) is 0 Å². The molecule has 0 atom stereocenters. The van der Waals surface area contributed by atoms with Crippen LogP contribution in [0.3, 0.4) is 0 Å². The lowest BCUT2D eigenvalue weighted by atomic mass is 10.2. The van der Waals surface area contributed by atoms with Crippen LogP contribution in [0.25, 0.3) is 0 Å². The fourth-order valence-corrected chi connectivity index (χ4v) is 2.21. The van der Waals surface area contributed by atoms with Gasteiger partial charge in [-0.25, -0.2) is 9.97 Å². The minimum absolute atomic E-state index is 0.0590. The van der Waals surface area contributed by atoms with Gasteiger partial charge in [0.05, 0.1) is 10.7 Å². The molecule has 0 saturated carbocycles. The number of benzene rings is 1. The lowest BCUT2D eigenvalue weighted by molar-refractivity contribution is -0.116. The predicted molar refractivity (Wildman–Crippen MR) is 89.3 cm³/mol. The van der Waals surface area contributed by atoms with Crippen LogP contribution in [0.4, 0.5) is 11.6 Å². The van der Waals surface area contributed by atoms with Gasteiger partial charge in [-0.2, -0.15) is 0 Å². The quantitative estimate of drug-likeness (QED) is 0.799. The third-order valence-electron chi connectivity index (χ3n) is 2.99. The summed E-state index contributed by atoms with van der Waals surface area (Å²) in [6, 6.07) is 9.10. The topological polar surface area (TPSA) is 66.9 Å². The number of hydrogen-bond donors (Lipinski definition) is 2. The summed E-state index contributed by atoms with van der Waals surface area (Å²) in [5.41, 5.74) is 2.48. The molecular formula is C16H19ClN4O. The number of carbonyl (C=O) groups excluding carboxylic acids is 1. The highest BCUT2D eigenvalue weighted by Gasteiger charge is 2.05. The third-order valence-corrected chi connectivity index (χ3v) is 3.32. The van der Waals surface area contributed by atoms with Crippen molar-refractivity contribution in [3.05, 3.63) is 46.7 Å². The molecule has 2 aromatic rings. The number of hydrogen-bond acceptors (Lipinski definition) is 4. The molecule has 0 aliphatic rings. The van der Waals surface area contributed by atoms with Crippen molar-refractivity contribution in [1.82, 2.24) is 9.97 Å². The lowest BCUT2D eigenvalue weighted by Crippen LogP contribution is -2.14. The normalized spacial score (nSPS) is 10.3. The van der Waals surface area contributed by atoms with E-state index in [4.69, 9.17) is 11.6 Å². The predicted octanol–water partition coefficient (Wildman–Crippen LogP) is 3.58. The minimum Gasteiger partial charge on any atom is -0.354 e. The smallest absolute Gasteiger partial charge is 0.224 e. The lowest BCUT2D eigenvalue weighted by Gasteiger charge is -2.08. The number of aromatic nitrogens is 2. The maximum atomic E-state index is 11.9. The molecule has 0 saturated heterocycles. The van der Waals surface area contributed by atoms with Crippen LogP contribution in [0.2, 0.25) is 5.02 Å². The van der Waals surface area contributed by atoms with E-state index in [1.807, 2.05) is 32.0 Å². The Morgan fingerprint density at radius 2 is 1.86 bits per heavy atom. The zero-order valence-corrected chi connectivity index (χ0v) is 13.4. The van der Waals surface area contributed by atoms with Crippen molar-refractivity contribution in [3.63, 3.8) is 0 Å². The molecule has 0 fully saturated rings. The third kappa shape index (κ3) is 5.00. The Labute approximate surface area is 135 Å². The maximum absolute atomic E-state index is 11.9. The van der Waals surface area contributed by atoms with Crippen molar-refractivity contribution < 1.29 is 4.79 Å². The van der Waals surface area contributed by atoms with Crippen LogP contribution in [0.1, 0.15) is 24.2 Å². The molecule has 5 nitrogen and oxygen atoms in total. The number of anilines is 2. The zero-order chi connectivity index (χ0) is 15.9. The van der Waals surface area contributed by atoms with Gasteiger partial charge in [0.2, 0.25) is 11.9 Å². The molecule has 1 aromatic heterocycles. The molecule has 0 aliphatic heterocycles. The van der Waals surface area contributed by atoms with E-state index in [9.17, 15) is 4.79 Å². The number of halogens is 1. The summed E-state index contributed by atoms with van der Waals surface area (Å²) in [7, 11) is 0. The van der Waals surface area contributed by atoms with Gasteiger partial charge in [0.25, 0.3) is 0 Å². The van der Waals surface area contributed by atoms with E-state index in [0.29, 0.717) is 36.0 Å². The maximum Gasteiger partial charge on any atom is 0.224 e. The summed E-state index contributed by atoms with van der Waals surface area (Å²) in [5, 5.41) is 6.47. The highest BCUT2D eigenvalue weighted by molar-refractivity contribution is 6.33. The van der Waals surface area contributed by atoms with Gasteiger partial charge in [-0.15, -0.1) is 0 Å². The molecular weight excluding hydrogens is 300 g/mol. The number of carbonyl (C=O) groups is 1. The molecule has 0 aliphatic carbocycles. The number of rotatable bonds is 6. The minimum atomic E-state index is -0.0590. The first-order valence-electron chi connectivity index (χ1n) is 7.15. The van der Waals surface area contributed by atoms with Crippen LogP contribution in [0, 0.1) is 13.8 Å². The van der Waals surface area contributed by atoms with Gasteiger partial charge in [-0.05, 0) is 38.5 Å². The largest absolute Gasteiger partial charge is 0.354 e. The molecule has 6 heteroatoms. The Morgan fingerprint density at radius 1 is 1.18 bits per heavy atom. The van der Waals surface area contributed by atoms with Crippen molar-refractivity contribution >= 4 is 29.1 Å². The van der Waals surface area contributed by atoms with Crippen LogP contribution < -0.4 is 10.6 Å². The monoisotopic (exact) mass is 318 g/mol. The second-order valence-corrected chi connectivity index (χ2v) is 5.44. The molecule has 0 unspecified atom stereocenters. The molecule has 2 N–H and O–H groups in total. The van der Waals surface area contributed by atoms with E-state index in [1.165, 1.54) is 0 Å². The van der Waals surface area contributed by atoms with Crippen LogP contribution in [-0.4, -0.2) is 22.4 Å². The first-order chi connectivity index (χ1) is 10.5. The highest BCUT2D eigenvalue weighted by atomic mass is 35.5. The molecule has 0 spiro atoms. The van der Waals surface area contributed by atoms with Gasteiger partial charge in [-0.3, -0.25) is 4.79 Å². The second-order valence-electron chi connectivity index (χ2n) is 5.03. The molecule has 0 radical (unpaired) electrons. The van der Waals surface area contributed by atoms with E-state index in [2.05, 4.69) is 20.6 Å². The second kappa shape index (κ2) is 7.75. The van der Waals surface area contributed by atoms with Crippen molar-refractivity contribution in [3.8, 4) is 0 Å². The Morgan fingerprint density at radius 3 is 2.55 bits per heavy atom. The van der Waals surface area contributed by atoms with Crippen molar-refractivity contribution in [2.75, 3.05) is 17.2 Å². The Kier molecular flexibility index (Phi) is 5.72. The van der Waals surface area contributed by atoms with E-state index in [1.54, 1.807) is 12.1 Å². The van der Waals surface area contributed by atoms with Gasteiger partial charge < -0.3 is 10.6 Å². The summed E-state index contributed by atoms with van der Waals surface area (Å²) in [4.78, 5) is 20.4. The fourth-order valence-electron chi connectivity index (χ4n) is 2.03. The van der Waals surface area contributed by atoms with E-state index in [0.717, 1.165) is 11.4 Å². The summed E-state index contributed by atoms with van der Waals surface area (Å²) in [6.07, 6.45) is 1.09. The standard InChI is InChI=1S/C16H19ClN4O/c1-11-10-12(2)20-16(19-11)18-9-5-8-15(22)21-14-7-4-3-6-13(14)17/h3-4,6-7,10H,5,8-9H2,1-2H3,(H,21,22)(H,18,19,20). The summed E-state index contributed by atoms with van der Waals surface area (Å²) in [5.74, 6) is 0.542. The fraction of sp³-hybridized carbons (Fsp3) is 0.312. The van der Waals surface area contributed by atoms with Gasteiger partial charge in [0.1, 0.15) is 0 Å². The number of nitrogens with one attached hydrogen (secondary N) is 2. The van der Waals surface area contributed by atoms with Crippen LogP contribution in [0.5, 0.6) is 0 Å². The highest BCUT2D eigenvalue weighted by Crippen LogP contribution is 2.20. The Balaban J connectivity index is 1.74.